The molecule has 0 amide bonds. The van der Waals surface area contributed by atoms with E-state index in [9.17, 15) is 0 Å². The molecule has 0 aromatic rings. The molecular formula is Br3Cl3Ga2. The predicted octanol–water partition coefficient (Wildman–Crippen LogP) is -18.7. The maximum Gasteiger partial charge on any atom is 3.00 e. The van der Waals surface area contributed by atoms with Crippen LogP contribution in [-0.2, 0) is 0 Å². The van der Waals surface area contributed by atoms with Crippen molar-refractivity contribution in [3.05, 3.63) is 0 Å². The summed E-state index contributed by atoms with van der Waals surface area (Å²) in [5, 5.41) is 0. The zero-order valence-electron chi connectivity index (χ0n) is 3.42. The van der Waals surface area contributed by atoms with Crippen molar-refractivity contribution in [2.75, 3.05) is 0 Å². The first-order valence-corrected chi connectivity index (χ1v) is 0. The Hall–Kier alpha value is 3.58. The summed E-state index contributed by atoms with van der Waals surface area (Å²) in [4.78, 5) is 0. The minimum absolute atomic E-state index is 0. The molecular weight excluding hydrogens is 486 g/mol. The van der Waals surface area contributed by atoms with E-state index in [1.165, 1.54) is 0 Å². The molecule has 0 spiro atoms. The van der Waals surface area contributed by atoms with Crippen molar-refractivity contribution < 1.29 is 88.2 Å². The number of rotatable bonds is 0. The quantitative estimate of drug-likeness (QED) is 0.299. The summed E-state index contributed by atoms with van der Waals surface area (Å²) >= 11 is 0. The average molecular weight is 486 g/mol. The van der Waals surface area contributed by atoms with Crippen LogP contribution < -0.4 is 88.2 Å². The van der Waals surface area contributed by atoms with E-state index in [1.807, 2.05) is 0 Å². The molecule has 0 heterocycles. The molecule has 0 aliphatic rings. The van der Waals surface area contributed by atoms with Crippen molar-refractivity contribution in [1.82, 2.24) is 0 Å². The molecule has 0 atom stereocenters. The summed E-state index contributed by atoms with van der Waals surface area (Å²) in [6.07, 6.45) is 0. The molecule has 48 valence electrons. The normalized spacial score (nSPS) is 0. The van der Waals surface area contributed by atoms with Crippen LogP contribution in [0.4, 0.5) is 0 Å². The minimum Gasteiger partial charge on any atom is -1.00 e. The van der Waals surface area contributed by atoms with Gasteiger partial charge in [-0.3, -0.25) is 0 Å². The van der Waals surface area contributed by atoms with E-state index >= 15 is 0 Å². The van der Waals surface area contributed by atoms with Crippen LogP contribution in [0.15, 0.2) is 0 Å². The van der Waals surface area contributed by atoms with Crippen LogP contribution in [-0.4, -0.2) is 39.6 Å². The van der Waals surface area contributed by atoms with Gasteiger partial charge in [-0.15, -0.1) is 0 Å². The van der Waals surface area contributed by atoms with Crippen LogP contribution >= 0.6 is 0 Å². The fraction of sp³-hybridized carbons (Fsp3) is 0. The van der Waals surface area contributed by atoms with Crippen LogP contribution in [0.25, 0.3) is 0 Å². The van der Waals surface area contributed by atoms with E-state index in [0.717, 1.165) is 0 Å². The smallest absolute Gasteiger partial charge is 1.00 e. The molecule has 0 aromatic heterocycles. The average Bonchev–Trinajstić information content (AvgIpc) is 0. The van der Waals surface area contributed by atoms with E-state index in [4.69, 9.17) is 0 Å². The van der Waals surface area contributed by atoms with E-state index < -0.39 is 0 Å². The van der Waals surface area contributed by atoms with Crippen LogP contribution in [0.5, 0.6) is 0 Å². The fourth-order valence-corrected chi connectivity index (χ4v) is 0. The Kier molecular flexibility index (Phi) is 956. The van der Waals surface area contributed by atoms with Crippen molar-refractivity contribution in [2.45, 2.75) is 0 Å². The van der Waals surface area contributed by atoms with Crippen LogP contribution in [0.3, 0.4) is 0 Å². The number of hydrogen-bond donors (Lipinski definition) is 0. The largest absolute Gasteiger partial charge is 3.00 e. The van der Waals surface area contributed by atoms with Gasteiger partial charge in [-0.05, 0) is 0 Å². The third kappa shape index (κ3) is 55.0. The molecule has 0 nitrogen and oxygen atoms in total. The van der Waals surface area contributed by atoms with Gasteiger partial charge in [0.1, 0.15) is 0 Å². The summed E-state index contributed by atoms with van der Waals surface area (Å²) in [5.41, 5.74) is 0. The Balaban J connectivity index is 0. The topological polar surface area (TPSA) is 0 Å². The van der Waals surface area contributed by atoms with E-state index in [2.05, 4.69) is 0 Å². The third-order valence-corrected chi connectivity index (χ3v) is 0. The zero-order chi connectivity index (χ0) is 0. The molecule has 0 radical (unpaired) electrons. The fourth-order valence-electron chi connectivity index (χ4n) is 0. The zero-order valence-corrected chi connectivity index (χ0v) is 15.3. The Bertz CT molecular complexity index is 12.5. The maximum atomic E-state index is 0. The molecule has 0 saturated carbocycles. The summed E-state index contributed by atoms with van der Waals surface area (Å²) in [6.45, 7) is 0. The molecule has 0 N–H and O–H groups in total. The van der Waals surface area contributed by atoms with E-state index in [-0.39, 0.29) is 128 Å². The third-order valence-electron chi connectivity index (χ3n) is 0. The molecule has 0 aliphatic carbocycles. The van der Waals surface area contributed by atoms with Gasteiger partial charge in [0, 0.05) is 0 Å². The van der Waals surface area contributed by atoms with Crippen molar-refractivity contribution >= 4 is 39.6 Å². The number of halogens is 6. The standard InChI is InChI=1S/3BrH.3ClH.2Ga/h6*1H;;/q;;;;;;2*+3/p-6. The van der Waals surface area contributed by atoms with Gasteiger partial charge >= 0.3 is 39.6 Å². The van der Waals surface area contributed by atoms with Gasteiger partial charge in [-0.25, -0.2) is 0 Å². The van der Waals surface area contributed by atoms with Crippen molar-refractivity contribution in [3.8, 4) is 0 Å². The molecule has 0 unspecified atom stereocenters. The Morgan fingerprint density at radius 3 is 0.375 bits per heavy atom. The molecule has 0 rings (SSSR count). The monoisotopic (exact) mass is 480 g/mol. The van der Waals surface area contributed by atoms with Gasteiger partial charge in [0.05, 0.1) is 0 Å². The second kappa shape index (κ2) is 75.7. The van der Waals surface area contributed by atoms with E-state index in [1.54, 1.807) is 0 Å². The molecule has 0 aromatic carbocycles. The minimum atomic E-state index is 0. The van der Waals surface area contributed by atoms with Gasteiger partial charge in [-0.2, -0.15) is 0 Å². The summed E-state index contributed by atoms with van der Waals surface area (Å²) < 4.78 is 0. The first kappa shape index (κ1) is 101. The van der Waals surface area contributed by atoms with Crippen molar-refractivity contribution in [2.24, 2.45) is 0 Å². The molecule has 8 heteroatoms. The summed E-state index contributed by atoms with van der Waals surface area (Å²) in [7, 11) is 0. The first-order valence-electron chi connectivity index (χ1n) is 0. The molecule has 0 saturated heterocycles. The Morgan fingerprint density at radius 1 is 0.375 bits per heavy atom. The SMILES string of the molecule is [Br-].[Br-].[Br-].[Cl-].[Cl-].[Cl-].[Ga+3].[Ga+3]. The van der Waals surface area contributed by atoms with Gasteiger partial charge in [0.15, 0.2) is 0 Å². The van der Waals surface area contributed by atoms with Crippen LogP contribution in [0, 0.1) is 0 Å². The van der Waals surface area contributed by atoms with Crippen LogP contribution in [0.1, 0.15) is 0 Å². The molecule has 0 fully saturated rings. The molecule has 0 bridgehead atoms. The first-order chi connectivity index (χ1) is 0. The second-order valence-electron chi connectivity index (χ2n) is 0. The number of hydrogen-bond acceptors (Lipinski definition) is 0. The second-order valence-corrected chi connectivity index (χ2v) is 0. The van der Waals surface area contributed by atoms with Gasteiger partial charge in [0.2, 0.25) is 0 Å². The molecule has 0 aliphatic heterocycles. The van der Waals surface area contributed by atoms with Gasteiger partial charge in [-0.1, -0.05) is 0 Å². The maximum absolute atomic E-state index is 0. The van der Waals surface area contributed by atoms with E-state index in [0.29, 0.717) is 0 Å². The van der Waals surface area contributed by atoms with Crippen molar-refractivity contribution in [3.63, 3.8) is 0 Å². The Labute approximate surface area is 126 Å². The Morgan fingerprint density at radius 2 is 0.375 bits per heavy atom. The predicted molar refractivity (Wildman–Crippen MR) is 11.5 cm³/mol. The van der Waals surface area contributed by atoms with Gasteiger partial charge < -0.3 is 88.2 Å². The summed E-state index contributed by atoms with van der Waals surface area (Å²) in [5.74, 6) is 0. The van der Waals surface area contributed by atoms with Crippen LogP contribution in [0.2, 0.25) is 0 Å². The van der Waals surface area contributed by atoms with Gasteiger partial charge in [0.25, 0.3) is 0 Å². The molecule has 8 heavy (non-hydrogen) atoms. The summed E-state index contributed by atoms with van der Waals surface area (Å²) in [6, 6.07) is 0. The van der Waals surface area contributed by atoms with Crippen molar-refractivity contribution in [1.29, 1.82) is 0 Å².